The summed E-state index contributed by atoms with van der Waals surface area (Å²) in [5.41, 5.74) is 1.72. The first-order valence-corrected chi connectivity index (χ1v) is 8.25. The minimum atomic E-state index is -0.0176. The molecule has 0 bridgehead atoms. The topological polar surface area (TPSA) is 29.5 Å². The number of allylic oxidation sites excluding steroid dienone is 1. The van der Waals surface area contributed by atoms with Gasteiger partial charge in [0.1, 0.15) is 0 Å². The van der Waals surface area contributed by atoms with Gasteiger partial charge < -0.3 is 4.74 Å². The maximum atomic E-state index is 11.7. The zero-order chi connectivity index (χ0) is 14.1. The molecule has 1 saturated carbocycles. The lowest BCUT2D eigenvalue weighted by Crippen LogP contribution is -2.38. The van der Waals surface area contributed by atoms with Crippen molar-refractivity contribution in [1.82, 2.24) is 4.90 Å². The van der Waals surface area contributed by atoms with Gasteiger partial charge in [0.25, 0.3) is 0 Å². The third-order valence-electron chi connectivity index (χ3n) is 5.72. The molecule has 4 atom stereocenters. The fourth-order valence-electron chi connectivity index (χ4n) is 4.52. The molecule has 1 heterocycles. The molecule has 3 aliphatic rings. The summed E-state index contributed by atoms with van der Waals surface area (Å²) in [5.74, 6) is 1.69. The number of ether oxygens (including phenoxy) is 1. The van der Waals surface area contributed by atoms with E-state index in [2.05, 4.69) is 17.9 Å². The molecule has 3 nitrogen and oxygen atoms in total. The zero-order valence-corrected chi connectivity index (χ0v) is 12.8. The lowest BCUT2D eigenvalue weighted by atomic mass is 9.81. The number of carbonyl (C=O) groups excluding carboxylic acids is 1. The van der Waals surface area contributed by atoms with Crippen LogP contribution in [0, 0.1) is 17.8 Å². The summed E-state index contributed by atoms with van der Waals surface area (Å²) in [6.45, 7) is 4.29. The molecular weight excluding hydrogens is 250 g/mol. The summed E-state index contributed by atoms with van der Waals surface area (Å²) in [6.07, 6.45) is 10.1. The largest absolute Gasteiger partial charge is 0.469 e. The highest BCUT2D eigenvalue weighted by atomic mass is 16.5. The van der Waals surface area contributed by atoms with Crippen molar-refractivity contribution in [2.24, 2.45) is 17.8 Å². The monoisotopic (exact) mass is 277 g/mol. The molecule has 0 spiro atoms. The number of nitrogens with zero attached hydrogens (tertiary/aromatic N) is 1. The second-order valence-electron chi connectivity index (χ2n) is 6.70. The minimum Gasteiger partial charge on any atom is -0.469 e. The van der Waals surface area contributed by atoms with Gasteiger partial charge in [-0.2, -0.15) is 0 Å². The van der Waals surface area contributed by atoms with E-state index in [9.17, 15) is 4.79 Å². The van der Waals surface area contributed by atoms with E-state index in [1.807, 2.05) is 0 Å². The van der Waals surface area contributed by atoms with Crippen molar-refractivity contribution < 1.29 is 9.53 Å². The van der Waals surface area contributed by atoms with Crippen LogP contribution in [0.15, 0.2) is 11.6 Å². The van der Waals surface area contributed by atoms with Gasteiger partial charge in [0.2, 0.25) is 0 Å². The highest BCUT2D eigenvalue weighted by Crippen LogP contribution is 2.44. The lowest BCUT2D eigenvalue weighted by molar-refractivity contribution is -0.145. The molecule has 1 saturated heterocycles. The van der Waals surface area contributed by atoms with Crippen molar-refractivity contribution in [2.75, 3.05) is 20.2 Å². The van der Waals surface area contributed by atoms with Crippen LogP contribution in [0.2, 0.25) is 0 Å². The van der Waals surface area contributed by atoms with Crippen molar-refractivity contribution in [3.63, 3.8) is 0 Å². The average Bonchev–Trinajstić information content (AvgIpc) is 3.11. The molecule has 20 heavy (non-hydrogen) atoms. The van der Waals surface area contributed by atoms with Crippen molar-refractivity contribution in [3.05, 3.63) is 11.6 Å². The predicted octanol–water partition coefficient (Wildman–Crippen LogP) is 3.01. The van der Waals surface area contributed by atoms with Crippen LogP contribution < -0.4 is 0 Å². The number of hydrogen-bond donors (Lipinski definition) is 0. The van der Waals surface area contributed by atoms with Gasteiger partial charge in [-0.05, 0) is 56.9 Å². The fraction of sp³-hybridized carbons (Fsp3) is 0.824. The number of carbonyl (C=O) groups is 1. The standard InChI is InChI=1S/C17H27NO2/c1-3-12-4-6-15-13(10-12)5-7-16(15)18-9-8-14(11-18)17(19)20-2/h10,12,14-16H,3-9,11H2,1-2H3. The smallest absolute Gasteiger partial charge is 0.310 e. The van der Waals surface area contributed by atoms with Gasteiger partial charge in [-0.15, -0.1) is 0 Å². The Bertz CT molecular complexity index is 404. The summed E-state index contributed by atoms with van der Waals surface area (Å²) >= 11 is 0. The maximum Gasteiger partial charge on any atom is 0.310 e. The Balaban J connectivity index is 1.64. The molecule has 3 heteroatoms. The molecule has 0 amide bonds. The quantitative estimate of drug-likeness (QED) is 0.586. The number of esters is 1. The molecule has 2 aliphatic carbocycles. The number of rotatable bonds is 3. The second kappa shape index (κ2) is 5.88. The van der Waals surface area contributed by atoms with Crippen LogP contribution in [0.4, 0.5) is 0 Å². The summed E-state index contributed by atoms with van der Waals surface area (Å²) in [7, 11) is 1.51. The molecule has 0 aromatic heterocycles. The van der Waals surface area contributed by atoms with Crippen LogP contribution >= 0.6 is 0 Å². The van der Waals surface area contributed by atoms with E-state index in [4.69, 9.17) is 4.74 Å². The molecule has 112 valence electrons. The van der Waals surface area contributed by atoms with E-state index >= 15 is 0 Å². The first kappa shape index (κ1) is 14.1. The van der Waals surface area contributed by atoms with E-state index in [0.29, 0.717) is 6.04 Å². The Morgan fingerprint density at radius 3 is 2.95 bits per heavy atom. The van der Waals surface area contributed by atoms with Crippen LogP contribution in [0.1, 0.15) is 45.4 Å². The minimum absolute atomic E-state index is 0.0176. The van der Waals surface area contributed by atoms with Gasteiger partial charge in [-0.1, -0.05) is 18.6 Å². The van der Waals surface area contributed by atoms with Crippen LogP contribution in [-0.4, -0.2) is 37.1 Å². The van der Waals surface area contributed by atoms with Gasteiger partial charge >= 0.3 is 5.97 Å². The van der Waals surface area contributed by atoms with Gasteiger partial charge in [0, 0.05) is 12.6 Å². The molecule has 3 rings (SSSR count). The molecule has 1 aliphatic heterocycles. The Kier molecular flexibility index (Phi) is 4.16. The summed E-state index contributed by atoms with van der Waals surface area (Å²) in [4.78, 5) is 14.2. The highest BCUT2D eigenvalue weighted by molar-refractivity contribution is 5.72. The molecular formula is C17H27NO2. The highest BCUT2D eigenvalue weighted by Gasteiger charge is 2.41. The van der Waals surface area contributed by atoms with Gasteiger partial charge in [0.05, 0.1) is 13.0 Å². The van der Waals surface area contributed by atoms with Crippen LogP contribution in [-0.2, 0) is 9.53 Å². The number of fused-ring (bicyclic) bond motifs is 1. The normalized spacial score (nSPS) is 37.6. The first-order chi connectivity index (χ1) is 9.72. The first-order valence-electron chi connectivity index (χ1n) is 8.25. The molecule has 4 unspecified atom stereocenters. The fourth-order valence-corrected chi connectivity index (χ4v) is 4.52. The SMILES string of the molecule is CCC1C=C2CCC(N3CCC(C(=O)OC)C3)C2CC1. The lowest BCUT2D eigenvalue weighted by Gasteiger charge is -2.33. The number of hydrogen-bond acceptors (Lipinski definition) is 3. The van der Waals surface area contributed by atoms with Crippen LogP contribution in [0.5, 0.6) is 0 Å². The third kappa shape index (κ3) is 2.52. The summed E-state index contributed by atoms with van der Waals surface area (Å²) in [6, 6.07) is 0.689. The predicted molar refractivity (Wildman–Crippen MR) is 79.3 cm³/mol. The van der Waals surface area contributed by atoms with E-state index in [1.54, 1.807) is 5.57 Å². The number of likely N-dealkylation sites (tertiary alicyclic amines) is 1. The van der Waals surface area contributed by atoms with Crippen LogP contribution in [0.3, 0.4) is 0 Å². The third-order valence-corrected chi connectivity index (χ3v) is 5.72. The van der Waals surface area contributed by atoms with Crippen molar-refractivity contribution >= 4 is 5.97 Å². The van der Waals surface area contributed by atoms with E-state index in [1.165, 1.54) is 39.2 Å². The Hall–Kier alpha value is -0.830. The maximum absolute atomic E-state index is 11.7. The summed E-state index contributed by atoms with van der Waals surface area (Å²) < 4.78 is 4.90. The molecule has 0 radical (unpaired) electrons. The Labute approximate surface area is 122 Å². The van der Waals surface area contributed by atoms with Crippen LogP contribution in [0.25, 0.3) is 0 Å². The van der Waals surface area contributed by atoms with Gasteiger partial charge in [-0.3, -0.25) is 9.69 Å². The molecule has 0 aromatic rings. The van der Waals surface area contributed by atoms with Crippen molar-refractivity contribution in [2.45, 2.75) is 51.5 Å². The van der Waals surface area contributed by atoms with Gasteiger partial charge in [0.15, 0.2) is 0 Å². The van der Waals surface area contributed by atoms with E-state index < -0.39 is 0 Å². The average molecular weight is 277 g/mol. The molecule has 0 aromatic carbocycles. The Morgan fingerprint density at radius 1 is 1.35 bits per heavy atom. The van der Waals surface area contributed by atoms with E-state index in [0.717, 1.165) is 31.3 Å². The van der Waals surface area contributed by atoms with Crippen molar-refractivity contribution in [1.29, 1.82) is 0 Å². The molecule has 0 N–H and O–H groups in total. The zero-order valence-electron chi connectivity index (χ0n) is 12.8. The molecule has 2 fully saturated rings. The number of methoxy groups -OCH3 is 1. The van der Waals surface area contributed by atoms with E-state index in [-0.39, 0.29) is 11.9 Å². The van der Waals surface area contributed by atoms with Crippen molar-refractivity contribution in [3.8, 4) is 0 Å². The summed E-state index contributed by atoms with van der Waals surface area (Å²) in [5, 5.41) is 0. The Morgan fingerprint density at radius 2 is 2.20 bits per heavy atom. The van der Waals surface area contributed by atoms with Gasteiger partial charge in [-0.25, -0.2) is 0 Å². The second-order valence-corrected chi connectivity index (χ2v) is 6.70.